The molecule has 0 saturated carbocycles. The lowest BCUT2D eigenvalue weighted by atomic mass is 10.4. The molecule has 0 spiro atoms. The van der Waals surface area contributed by atoms with E-state index in [9.17, 15) is 4.79 Å². The quantitative estimate of drug-likeness (QED) is 0.822. The molecule has 0 bridgehead atoms. The van der Waals surface area contributed by atoms with Gasteiger partial charge in [-0.3, -0.25) is 4.79 Å². The highest BCUT2D eigenvalue weighted by atomic mass is 16.1. The van der Waals surface area contributed by atoms with Crippen molar-refractivity contribution in [3.8, 4) is 0 Å². The van der Waals surface area contributed by atoms with Crippen LogP contribution in [0.15, 0.2) is 12.4 Å². The molecule has 0 aliphatic carbocycles. The Morgan fingerprint density at radius 2 is 2.19 bits per heavy atom. The van der Waals surface area contributed by atoms with Gasteiger partial charge in [-0.2, -0.15) is 0 Å². The summed E-state index contributed by atoms with van der Waals surface area (Å²) in [5, 5.41) is 2.98. The molecule has 0 radical (unpaired) electrons. The fourth-order valence-corrected chi connectivity index (χ4v) is 1.78. The van der Waals surface area contributed by atoms with Crippen LogP contribution in [0.4, 0.5) is 11.6 Å². The van der Waals surface area contributed by atoms with Crippen LogP contribution in [0.1, 0.15) is 19.8 Å². The van der Waals surface area contributed by atoms with Crippen molar-refractivity contribution in [1.29, 1.82) is 0 Å². The van der Waals surface area contributed by atoms with E-state index in [-0.39, 0.29) is 5.78 Å². The van der Waals surface area contributed by atoms with E-state index in [1.807, 2.05) is 6.07 Å². The van der Waals surface area contributed by atoms with Crippen LogP contribution < -0.4 is 10.2 Å². The second-order valence-electron chi connectivity index (χ2n) is 4.01. The van der Waals surface area contributed by atoms with E-state index in [0.29, 0.717) is 12.4 Å². The van der Waals surface area contributed by atoms with Gasteiger partial charge in [0.05, 0.1) is 6.54 Å². The predicted molar refractivity (Wildman–Crippen MR) is 62.6 cm³/mol. The van der Waals surface area contributed by atoms with Gasteiger partial charge >= 0.3 is 0 Å². The highest BCUT2D eigenvalue weighted by molar-refractivity contribution is 5.80. The van der Waals surface area contributed by atoms with Crippen molar-refractivity contribution < 1.29 is 4.79 Å². The van der Waals surface area contributed by atoms with Gasteiger partial charge in [0.15, 0.2) is 0 Å². The molecule has 1 aromatic heterocycles. The fourth-order valence-electron chi connectivity index (χ4n) is 1.78. The lowest BCUT2D eigenvalue weighted by molar-refractivity contribution is -0.115. The smallest absolute Gasteiger partial charge is 0.148 e. The maximum atomic E-state index is 10.8. The Bertz CT molecular complexity index is 374. The molecule has 0 amide bonds. The molecule has 1 N–H and O–H groups in total. The molecule has 86 valence electrons. The molecule has 1 aliphatic heterocycles. The summed E-state index contributed by atoms with van der Waals surface area (Å²) < 4.78 is 0. The number of hydrogen-bond donors (Lipinski definition) is 1. The molecular weight excluding hydrogens is 204 g/mol. The zero-order valence-electron chi connectivity index (χ0n) is 9.44. The van der Waals surface area contributed by atoms with Crippen LogP contribution >= 0.6 is 0 Å². The maximum absolute atomic E-state index is 10.8. The van der Waals surface area contributed by atoms with Gasteiger partial charge in [-0.15, -0.1) is 0 Å². The molecule has 0 atom stereocenters. The number of nitrogens with one attached hydrogen (secondary N) is 1. The minimum absolute atomic E-state index is 0.0985. The zero-order chi connectivity index (χ0) is 11.4. The van der Waals surface area contributed by atoms with Gasteiger partial charge in [0, 0.05) is 19.2 Å². The number of aromatic nitrogens is 2. The van der Waals surface area contributed by atoms with Gasteiger partial charge in [0.2, 0.25) is 0 Å². The van der Waals surface area contributed by atoms with Crippen LogP contribution in [-0.4, -0.2) is 35.4 Å². The summed E-state index contributed by atoms with van der Waals surface area (Å²) in [6, 6.07) is 1.90. The third-order valence-electron chi connectivity index (χ3n) is 2.60. The van der Waals surface area contributed by atoms with Crippen molar-refractivity contribution in [1.82, 2.24) is 9.97 Å². The molecule has 5 nitrogen and oxygen atoms in total. The Kier molecular flexibility index (Phi) is 3.34. The first-order chi connectivity index (χ1) is 7.75. The third-order valence-corrected chi connectivity index (χ3v) is 2.60. The molecule has 5 heteroatoms. The Hall–Kier alpha value is -1.65. The molecule has 0 unspecified atom stereocenters. The average Bonchev–Trinajstić information content (AvgIpc) is 2.80. The van der Waals surface area contributed by atoms with Crippen LogP contribution in [0.25, 0.3) is 0 Å². The molecular formula is C11H16N4O. The first-order valence-corrected chi connectivity index (χ1v) is 5.56. The number of anilines is 2. The lowest BCUT2D eigenvalue weighted by Crippen LogP contribution is -2.19. The molecule has 16 heavy (non-hydrogen) atoms. The summed E-state index contributed by atoms with van der Waals surface area (Å²) in [5.41, 5.74) is 0. The highest BCUT2D eigenvalue weighted by Gasteiger charge is 2.13. The summed E-state index contributed by atoms with van der Waals surface area (Å²) in [6.45, 7) is 3.98. The predicted octanol–water partition coefficient (Wildman–Crippen LogP) is 1.08. The van der Waals surface area contributed by atoms with Crippen molar-refractivity contribution in [2.45, 2.75) is 19.8 Å². The fraction of sp³-hybridized carbons (Fsp3) is 0.545. The summed E-state index contributed by atoms with van der Waals surface area (Å²) in [5.74, 6) is 1.76. The minimum atomic E-state index is 0.0985. The second kappa shape index (κ2) is 4.92. The van der Waals surface area contributed by atoms with Gasteiger partial charge in [-0.1, -0.05) is 0 Å². The lowest BCUT2D eigenvalue weighted by Gasteiger charge is -2.16. The topological polar surface area (TPSA) is 58.1 Å². The van der Waals surface area contributed by atoms with Gasteiger partial charge < -0.3 is 10.2 Å². The van der Waals surface area contributed by atoms with E-state index in [0.717, 1.165) is 18.9 Å². The number of ketones is 1. The van der Waals surface area contributed by atoms with Crippen LogP contribution in [0.5, 0.6) is 0 Å². The summed E-state index contributed by atoms with van der Waals surface area (Å²) >= 11 is 0. The Balaban J connectivity index is 2.03. The van der Waals surface area contributed by atoms with E-state index in [4.69, 9.17) is 0 Å². The monoisotopic (exact) mass is 220 g/mol. The molecule has 1 aliphatic rings. The largest absolute Gasteiger partial charge is 0.363 e. The SMILES string of the molecule is CC(=O)CNc1cc(N2CCCC2)ncn1. The third kappa shape index (κ3) is 2.68. The second-order valence-corrected chi connectivity index (χ2v) is 4.01. The standard InChI is InChI=1S/C11H16N4O/c1-9(16)7-12-10-6-11(14-8-13-10)15-4-2-3-5-15/h6,8H,2-5,7H2,1H3,(H,12,13,14). The molecule has 2 rings (SSSR count). The number of nitrogens with zero attached hydrogens (tertiary/aromatic N) is 3. The number of Topliss-reactive ketones (excluding diaryl/α,β-unsaturated/α-hetero) is 1. The van der Waals surface area contributed by atoms with Crippen molar-refractivity contribution in [2.75, 3.05) is 29.9 Å². The maximum Gasteiger partial charge on any atom is 0.148 e. The summed E-state index contributed by atoms with van der Waals surface area (Å²) in [4.78, 5) is 21.4. The minimum Gasteiger partial charge on any atom is -0.363 e. The van der Waals surface area contributed by atoms with Gasteiger partial charge in [0.1, 0.15) is 23.7 Å². The van der Waals surface area contributed by atoms with Crippen molar-refractivity contribution >= 4 is 17.4 Å². The van der Waals surface area contributed by atoms with Crippen molar-refractivity contribution in [3.63, 3.8) is 0 Å². The number of hydrogen-bond acceptors (Lipinski definition) is 5. The first kappa shape index (κ1) is 10.9. The van der Waals surface area contributed by atoms with E-state index >= 15 is 0 Å². The van der Waals surface area contributed by atoms with Crippen molar-refractivity contribution in [3.05, 3.63) is 12.4 Å². The summed E-state index contributed by atoms with van der Waals surface area (Å²) in [6.07, 6.45) is 3.98. The van der Waals surface area contributed by atoms with Crippen LogP contribution in [0.2, 0.25) is 0 Å². The van der Waals surface area contributed by atoms with Gasteiger partial charge in [-0.05, 0) is 19.8 Å². The number of rotatable bonds is 4. The van der Waals surface area contributed by atoms with E-state index < -0.39 is 0 Å². The van der Waals surface area contributed by atoms with E-state index in [2.05, 4.69) is 20.2 Å². The average molecular weight is 220 g/mol. The van der Waals surface area contributed by atoms with Gasteiger partial charge in [-0.25, -0.2) is 9.97 Å². The Labute approximate surface area is 94.9 Å². The van der Waals surface area contributed by atoms with Crippen molar-refractivity contribution in [2.24, 2.45) is 0 Å². The zero-order valence-corrected chi connectivity index (χ0v) is 9.44. The first-order valence-electron chi connectivity index (χ1n) is 5.56. The number of carbonyl (C=O) groups excluding carboxylic acids is 1. The van der Waals surface area contributed by atoms with Gasteiger partial charge in [0.25, 0.3) is 0 Å². The summed E-state index contributed by atoms with van der Waals surface area (Å²) in [7, 11) is 0. The van der Waals surface area contributed by atoms with Crippen LogP contribution in [-0.2, 0) is 4.79 Å². The molecule has 0 aromatic carbocycles. The molecule has 1 saturated heterocycles. The number of carbonyl (C=O) groups is 1. The van der Waals surface area contributed by atoms with E-state index in [1.54, 1.807) is 6.92 Å². The highest BCUT2D eigenvalue weighted by Crippen LogP contribution is 2.18. The molecule has 1 fully saturated rings. The molecule has 1 aromatic rings. The van der Waals surface area contributed by atoms with Crippen LogP contribution in [0.3, 0.4) is 0 Å². The van der Waals surface area contributed by atoms with E-state index in [1.165, 1.54) is 19.2 Å². The van der Waals surface area contributed by atoms with Crippen LogP contribution in [0, 0.1) is 0 Å². The Morgan fingerprint density at radius 1 is 1.44 bits per heavy atom. The molecule has 2 heterocycles. The normalized spacial score (nSPS) is 15.2. The Morgan fingerprint density at radius 3 is 2.88 bits per heavy atom.